The van der Waals surface area contributed by atoms with E-state index in [-0.39, 0.29) is 4.47 Å². The van der Waals surface area contributed by atoms with E-state index in [2.05, 4.69) is 21.2 Å². The average molecular weight is 318 g/mol. The Morgan fingerprint density at radius 2 is 1.94 bits per heavy atom. The molecule has 0 unspecified atom stereocenters. The molecule has 2 rings (SSSR count). The summed E-state index contributed by atoms with van der Waals surface area (Å²) in [5.41, 5.74) is -0.508. The van der Waals surface area contributed by atoms with Crippen molar-refractivity contribution in [3.63, 3.8) is 0 Å². The number of nitrogens with one attached hydrogen (secondary N) is 1. The van der Waals surface area contributed by atoms with Crippen LogP contribution in [-0.4, -0.2) is 12.5 Å². The molecule has 0 radical (unpaired) electrons. The van der Waals surface area contributed by atoms with Gasteiger partial charge in [-0.2, -0.15) is 0 Å². The van der Waals surface area contributed by atoms with Gasteiger partial charge in [0.1, 0.15) is 17.2 Å². The zero-order valence-electron chi connectivity index (χ0n) is 9.81. The van der Waals surface area contributed by atoms with Crippen LogP contribution in [0.1, 0.15) is 36.0 Å². The van der Waals surface area contributed by atoms with Gasteiger partial charge in [-0.3, -0.25) is 4.79 Å². The smallest absolute Gasteiger partial charge is 0.257 e. The predicted octanol–water partition coefficient (Wildman–Crippen LogP) is 3.65. The van der Waals surface area contributed by atoms with Crippen molar-refractivity contribution in [2.75, 3.05) is 6.54 Å². The Hall–Kier alpha value is -0.970. The van der Waals surface area contributed by atoms with Crippen molar-refractivity contribution < 1.29 is 13.6 Å². The third-order valence-electron chi connectivity index (χ3n) is 3.30. The lowest BCUT2D eigenvalue weighted by Gasteiger charge is -2.25. The molecule has 1 amide bonds. The van der Waals surface area contributed by atoms with Crippen molar-refractivity contribution in [1.29, 1.82) is 0 Å². The molecule has 1 aromatic rings. The molecule has 98 valence electrons. The summed E-state index contributed by atoms with van der Waals surface area (Å²) in [6, 6.07) is 2.17. The lowest BCUT2D eigenvalue weighted by molar-refractivity contribution is 0.0940. The first-order valence-corrected chi connectivity index (χ1v) is 6.80. The number of carbonyl (C=O) groups is 1. The van der Waals surface area contributed by atoms with Crippen LogP contribution in [0.4, 0.5) is 8.78 Å². The molecule has 5 heteroatoms. The number of amides is 1. The minimum Gasteiger partial charge on any atom is -0.352 e. The van der Waals surface area contributed by atoms with E-state index in [0.717, 1.165) is 18.6 Å². The summed E-state index contributed by atoms with van der Waals surface area (Å²) >= 11 is 2.97. The highest BCUT2D eigenvalue weighted by Crippen LogP contribution is 2.28. The van der Waals surface area contributed by atoms with Crippen LogP contribution in [0.5, 0.6) is 0 Å². The van der Waals surface area contributed by atoms with Gasteiger partial charge in [-0.15, -0.1) is 0 Å². The summed E-state index contributed by atoms with van der Waals surface area (Å²) in [5, 5.41) is 2.56. The summed E-state index contributed by atoms with van der Waals surface area (Å²) < 4.78 is 27.3. The van der Waals surface area contributed by atoms with E-state index >= 15 is 0 Å². The van der Waals surface area contributed by atoms with Crippen LogP contribution in [0.15, 0.2) is 16.6 Å². The highest BCUT2D eigenvalue weighted by Gasteiger charge is 2.20. The summed E-state index contributed by atoms with van der Waals surface area (Å²) in [5.74, 6) is -1.72. The van der Waals surface area contributed by atoms with Crippen molar-refractivity contribution in [3.8, 4) is 0 Å². The van der Waals surface area contributed by atoms with Gasteiger partial charge in [-0.05, 0) is 24.5 Å². The van der Waals surface area contributed by atoms with Gasteiger partial charge in [-0.25, -0.2) is 8.78 Å². The minimum atomic E-state index is -0.844. The largest absolute Gasteiger partial charge is 0.352 e. The molecule has 0 saturated heterocycles. The van der Waals surface area contributed by atoms with E-state index in [1.807, 2.05) is 0 Å². The van der Waals surface area contributed by atoms with Gasteiger partial charge in [0.15, 0.2) is 0 Å². The topological polar surface area (TPSA) is 29.1 Å². The number of benzene rings is 1. The Bertz CT molecular complexity index is 437. The molecule has 18 heavy (non-hydrogen) atoms. The van der Waals surface area contributed by atoms with Crippen molar-refractivity contribution >= 4 is 21.8 Å². The lowest BCUT2D eigenvalue weighted by Crippen LogP contribution is -2.28. The average Bonchev–Trinajstić information content (AvgIpc) is 2.20. The SMILES string of the molecule is O=C(NCCC1CCC1)c1c(F)cc(Br)cc1F. The summed E-state index contributed by atoms with van der Waals surface area (Å²) in [7, 11) is 0. The number of hydrogen-bond acceptors (Lipinski definition) is 1. The highest BCUT2D eigenvalue weighted by atomic mass is 79.9. The Labute approximate surface area is 113 Å². The molecule has 0 heterocycles. The highest BCUT2D eigenvalue weighted by molar-refractivity contribution is 9.10. The van der Waals surface area contributed by atoms with Crippen LogP contribution in [0.3, 0.4) is 0 Å². The molecule has 1 fully saturated rings. The second-order valence-electron chi connectivity index (χ2n) is 4.59. The molecule has 0 spiro atoms. The second kappa shape index (κ2) is 5.78. The van der Waals surface area contributed by atoms with Gasteiger partial charge in [0.2, 0.25) is 0 Å². The van der Waals surface area contributed by atoms with E-state index < -0.39 is 23.1 Å². The molecular formula is C13H14BrF2NO. The molecule has 1 aromatic carbocycles. The Balaban J connectivity index is 1.95. The van der Waals surface area contributed by atoms with Gasteiger partial charge in [-0.1, -0.05) is 35.2 Å². The van der Waals surface area contributed by atoms with Gasteiger partial charge in [0.05, 0.1) is 0 Å². The van der Waals surface area contributed by atoms with Gasteiger partial charge >= 0.3 is 0 Å². The quantitative estimate of drug-likeness (QED) is 0.902. The molecule has 1 saturated carbocycles. The van der Waals surface area contributed by atoms with Crippen LogP contribution in [0.25, 0.3) is 0 Å². The maximum atomic E-state index is 13.5. The maximum absolute atomic E-state index is 13.5. The Morgan fingerprint density at radius 3 is 2.44 bits per heavy atom. The van der Waals surface area contributed by atoms with Crippen molar-refractivity contribution in [2.24, 2.45) is 5.92 Å². The normalized spacial score (nSPS) is 15.3. The standard InChI is InChI=1S/C13H14BrF2NO/c14-9-6-10(15)12(11(16)7-9)13(18)17-5-4-8-2-1-3-8/h6-8H,1-5H2,(H,17,18). The lowest BCUT2D eigenvalue weighted by atomic mass is 9.83. The third-order valence-corrected chi connectivity index (χ3v) is 3.75. The molecule has 1 N–H and O–H groups in total. The van der Waals surface area contributed by atoms with Gasteiger partial charge < -0.3 is 5.32 Å². The van der Waals surface area contributed by atoms with E-state index in [0.29, 0.717) is 12.5 Å². The summed E-state index contributed by atoms with van der Waals surface area (Å²) in [6.07, 6.45) is 4.51. The zero-order chi connectivity index (χ0) is 13.1. The Kier molecular flexibility index (Phi) is 4.32. The molecular weight excluding hydrogens is 304 g/mol. The molecule has 1 aliphatic carbocycles. The molecule has 0 aromatic heterocycles. The van der Waals surface area contributed by atoms with Crippen LogP contribution in [-0.2, 0) is 0 Å². The van der Waals surface area contributed by atoms with Crippen LogP contribution < -0.4 is 5.32 Å². The fraction of sp³-hybridized carbons (Fsp3) is 0.462. The minimum absolute atomic E-state index is 0.281. The van der Waals surface area contributed by atoms with E-state index in [1.54, 1.807) is 0 Å². The van der Waals surface area contributed by atoms with Crippen LogP contribution in [0, 0.1) is 17.6 Å². The molecule has 0 atom stereocenters. The fourth-order valence-electron chi connectivity index (χ4n) is 2.02. The predicted molar refractivity (Wildman–Crippen MR) is 68.3 cm³/mol. The molecule has 0 aliphatic heterocycles. The molecule has 1 aliphatic rings. The summed E-state index contributed by atoms with van der Waals surface area (Å²) in [4.78, 5) is 11.7. The van der Waals surface area contributed by atoms with Gasteiger partial charge in [0, 0.05) is 11.0 Å². The molecule has 0 bridgehead atoms. The first kappa shape index (κ1) is 13.5. The number of hydrogen-bond donors (Lipinski definition) is 1. The van der Waals surface area contributed by atoms with Crippen molar-refractivity contribution in [3.05, 3.63) is 33.8 Å². The second-order valence-corrected chi connectivity index (χ2v) is 5.50. The Morgan fingerprint density at radius 1 is 1.33 bits per heavy atom. The van der Waals surface area contributed by atoms with Crippen molar-refractivity contribution in [1.82, 2.24) is 5.32 Å². The van der Waals surface area contributed by atoms with Gasteiger partial charge in [0.25, 0.3) is 5.91 Å². The monoisotopic (exact) mass is 317 g/mol. The van der Waals surface area contributed by atoms with E-state index in [9.17, 15) is 13.6 Å². The van der Waals surface area contributed by atoms with Crippen LogP contribution >= 0.6 is 15.9 Å². The first-order chi connectivity index (χ1) is 8.58. The molecule has 2 nitrogen and oxygen atoms in total. The fourth-order valence-corrected chi connectivity index (χ4v) is 2.42. The number of rotatable bonds is 4. The maximum Gasteiger partial charge on any atom is 0.257 e. The van der Waals surface area contributed by atoms with E-state index in [1.165, 1.54) is 19.3 Å². The zero-order valence-corrected chi connectivity index (χ0v) is 11.4. The van der Waals surface area contributed by atoms with Crippen molar-refractivity contribution in [2.45, 2.75) is 25.7 Å². The third kappa shape index (κ3) is 3.07. The van der Waals surface area contributed by atoms with Crippen LogP contribution in [0.2, 0.25) is 0 Å². The number of halogens is 3. The first-order valence-electron chi connectivity index (χ1n) is 6.00. The number of carbonyl (C=O) groups excluding carboxylic acids is 1. The van der Waals surface area contributed by atoms with E-state index in [4.69, 9.17) is 0 Å². The summed E-state index contributed by atoms with van der Waals surface area (Å²) in [6.45, 7) is 0.471.